The Bertz CT molecular complexity index is 792. The van der Waals surface area contributed by atoms with Crippen LogP contribution in [-0.2, 0) is 17.9 Å². The average molecular weight is 329 g/mol. The van der Waals surface area contributed by atoms with Crippen molar-refractivity contribution in [2.24, 2.45) is 0 Å². The number of pyridine rings is 1. The van der Waals surface area contributed by atoms with Crippen molar-refractivity contribution in [2.75, 3.05) is 6.54 Å². The maximum atomic E-state index is 12.5. The van der Waals surface area contributed by atoms with Crippen LogP contribution in [0.2, 0.25) is 0 Å². The zero-order chi connectivity index (χ0) is 17.3. The van der Waals surface area contributed by atoms with Gasteiger partial charge in [0.25, 0.3) is 5.56 Å². The number of carbonyl (C=O) groups excluding carboxylic acids is 1. The number of amides is 1. The summed E-state index contributed by atoms with van der Waals surface area (Å²) in [6.45, 7) is 7.80. The van der Waals surface area contributed by atoms with Gasteiger partial charge in [0, 0.05) is 37.7 Å². The van der Waals surface area contributed by atoms with Crippen LogP contribution in [-0.4, -0.2) is 36.7 Å². The predicted octanol–water partition coefficient (Wildman–Crippen LogP) is 1.56. The minimum absolute atomic E-state index is 0.0398. The molecule has 7 heteroatoms. The van der Waals surface area contributed by atoms with E-state index in [1.807, 2.05) is 4.90 Å². The lowest BCUT2D eigenvalue weighted by atomic mass is 10.1. The fourth-order valence-corrected chi connectivity index (χ4v) is 3.16. The first-order valence-corrected chi connectivity index (χ1v) is 8.34. The summed E-state index contributed by atoms with van der Waals surface area (Å²) >= 11 is 0. The van der Waals surface area contributed by atoms with Gasteiger partial charge in [0.05, 0.1) is 12.6 Å². The van der Waals surface area contributed by atoms with Crippen LogP contribution < -0.4 is 5.56 Å². The Balaban J connectivity index is 1.69. The van der Waals surface area contributed by atoms with Gasteiger partial charge >= 0.3 is 0 Å². The number of carbonyl (C=O) groups is 1. The highest BCUT2D eigenvalue weighted by atomic mass is 16.2. The van der Waals surface area contributed by atoms with E-state index in [-0.39, 0.29) is 17.5 Å². The van der Waals surface area contributed by atoms with E-state index >= 15 is 0 Å². The van der Waals surface area contributed by atoms with Crippen molar-refractivity contribution >= 4 is 5.91 Å². The van der Waals surface area contributed by atoms with Crippen molar-refractivity contribution in [3.05, 3.63) is 46.4 Å². The molecule has 2 aromatic heterocycles. The van der Waals surface area contributed by atoms with Gasteiger partial charge in [-0.25, -0.2) is 0 Å². The average Bonchev–Trinajstić information content (AvgIpc) is 2.98. The molecule has 0 spiro atoms. The number of aromatic nitrogens is 4. The molecule has 1 amide bonds. The van der Waals surface area contributed by atoms with Gasteiger partial charge in [-0.15, -0.1) is 10.2 Å². The second kappa shape index (κ2) is 6.59. The summed E-state index contributed by atoms with van der Waals surface area (Å²) in [5, 5.41) is 8.53. The SMILES string of the molecule is CC(C)c1nnc2n1[C@@H](C)CN(C(=O)CCn1ccccc1=O)C2. The molecule has 0 N–H and O–H groups in total. The standard InChI is InChI=1S/C17H23N5O2/c1-12(2)17-19-18-14-11-21(10-13(3)22(14)17)16(24)7-9-20-8-5-4-6-15(20)23/h4-6,8,12-13H,7,9-11H2,1-3H3/t13-/m0/s1. The van der Waals surface area contributed by atoms with Crippen LogP contribution in [0, 0.1) is 0 Å². The second-order valence-corrected chi connectivity index (χ2v) is 6.60. The van der Waals surface area contributed by atoms with Crippen molar-refractivity contribution in [2.45, 2.75) is 52.2 Å². The normalized spacial score (nSPS) is 17.2. The summed E-state index contributed by atoms with van der Waals surface area (Å²) in [5.41, 5.74) is -0.0846. The molecule has 1 atom stereocenters. The van der Waals surface area contributed by atoms with Gasteiger partial charge in [0.1, 0.15) is 5.82 Å². The van der Waals surface area contributed by atoms with Crippen LogP contribution in [0.25, 0.3) is 0 Å². The molecule has 3 heterocycles. The van der Waals surface area contributed by atoms with E-state index in [1.54, 1.807) is 22.9 Å². The quantitative estimate of drug-likeness (QED) is 0.853. The summed E-state index contributed by atoms with van der Waals surface area (Å²) in [4.78, 5) is 26.1. The van der Waals surface area contributed by atoms with Crippen molar-refractivity contribution < 1.29 is 4.79 Å². The fourth-order valence-electron chi connectivity index (χ4n) is 3.16. The molecule has 128 valence electrons. The first-order valence-electron chi connectivity index (χ1n) is 8.34. The maximum absolute atomic E-state index is 12.5. The molecule has 1 aliphatic rings. The third-order valence-electron chi connectivity index (χ3n) is 4.39. The number of fused-ring (bicyclic) bond motifs is 1. The summed E-state index contributed by atoms with van der Waals surface area (Å²) < 4.78 is 3.71. The maximum Gasteiger partial charge on any atom is 0.250 e. The highest BCUT2D eigenvalue weighted by molar-refractivity contribution is 5.76. The number of hydrogen-bond donors (Lipinski definition) is 0. The van der Waals surface area contributed by atoms with Crippen LogP contribution >= 0.6 is 0 Å². The Kier molecular flexibility index (Phi) is 4.51. The second-order valence-electron chi connectivity index (χ2n) is 6.60. The highest BCUT2D eigenvalue weighted by Crippen LogP contribution is 2.25. The minimum Gasteiger partial charge on any atom is -0.333 e. The van der Waals surface area contributed by atoms with Gasteiger partial charge in [0.2, 0.25) is 5.91 Å². The van der Waals surface area contributed by atoms with Crippen molar-refractivity contribution in [3.63, 3.8) is 0 Å². The fraction of sp³-hybridized carbons (Fsp3) is 0.529. The Labute approximate surface area is 140 Å². The van der Waals surface area contributed by atoms with Gasteiger partial charge in [-0.05, 0) is 13.0 Å². The monoisotopic (exact) mass is 329 g/mol. The Morgan fingerprint density at radius 3 is 2.83 bits per heavy atom. The summed E-state index contributed by atoms with van der Waals surface area (Å²) in [6, 6.07) is 5.16. The Morgan fingerprint density at radius 1 is 1.33 bits per heavy atom. The third kappa shape index (κ3) is 3.11. The summed E-state index contributed by atoms with van der Waals surface area (Å²) in [5.74, 6) is 2.15. The van der Waals surface area contributed by atoms with Crippen molar-refractivity contribution in [3.8, 4) is 0 Å². The number of aryl methyl sites for hydroxylation is 1. The van der Waals surface area contributed by atoms with E-state index in [2.05, 4.69) is 35.5 Å². The van der Waals surface area contributed by atoms with Crippen LogP contribution in [0.3, 0.4) is 0 Å². The lowest BCUT2D eigenvalue weighted by Gasteiger charge is -2.33. The number of hydrogen-bond acceptors (Lipinski definition) is 4. The van der Waals surface area contributed by atoms with Gasteiger partial charge < -0.3 is 14.0 Å². The largest absolute Gasteiger partial charge is 0.333 e. The molecule has 3 rings (SSSR count). The van der Waals surface area contributed by atoms with Crippen molar-refractivity contribution in [1.82, 2.24) is 24.2 Å². The topological polar surface area (TPSA) is 73.0 Å². The molecule has 2 aromatic rings. The predicted molar refractivity (Wildman–Crippen MR) is 89.6 cm³/mol. The molecule has 24 heavy (non-hydrogen) atoms. The molecule has 0 saturated heterocycles. The highest BCUT2D eigenvalue weighted by Gasteiger charge is 2.29. The number of rotatable bonds is 4. The zero-order valence-corrected chi connectivity index (χ0v) is 14.3. The van der Waals surface area contributed by atoms with E-state index < -0.39 is 0 Å². The molecular weight excluding hydrogens is 306 g/mol. The van der Waals surface area contributed by atoms with Gasteiger partial charge in [-0.1, -0.05) is 19.9 Å². The molecular formula is C17H23N5O2. The third-order valence-corrected chi connectivity index (χ3v) is 4.39. The Morgan fingerprint density at radius 2 is 2.12 bits per heavy atom. The molecule has 0 aliphatic carbocycles. The molecule has 0 aromatic carbocycles. The van der Waals surface area contributed by atoms with Gasteiger partial charge in [-0.2, -0.15) is 0 Å². The summed E-state index contributed by atoms with van der Waals surface area (Å²) in [7, 11) is 0. The molecule has 1 aliphatic heterocycles. The first kappa shape index (κ1) is 16.4. The van der Waals surface area contributed by atoms with E-state index in [0.29, 0.717) is 32.0 Å². The smallest absolute Gasteiger partial charge is 0.250 e. The summed E-state index contributed by atoms with van der Waals surface area (Å²) in [6.07, 6.45) is 2.02. The van der Waals surface area contributed by atoms with E-state index in [0.717, 1.165) is 11.6 Å². The zero-order valence-electron chi connectivity index (χ0n) is 14.3. The van der Waals surface area contributed by atoms with Crippen LogP contribution in [0.15, 0.2) is 29.2 Å². The molecule has 0 fully saturated rings. The lowest BCUT2D eigenvalue weighted by Crippen LogP contribution is -2.41. The Hall–Kier alpha value is -2.44. The van der Waals surface area contributed by atoms with Crippen molar-refractivity contribution in [1.29, 1.82) is 0 Å². The van der Waals surface area contributed by atoms with Crippen LogP contribution in [0.4, 0.5) is 0 Å². The van der Waals surface area contributed by atoms with Crippen LogP contribution in [0.5, 0.6) is 0 Å². The number of nitrogens with zero attached hydrogens (tertiary/aromatic N) is 5. The molecule has 0 unspecified atom stereocenters. The van der Waals surface area contributed by atoms with E-state index in [4.69, 9.17) is 0 Å². The molecule has 0 bridgehead atoms. The van der Waals surface area contributed by atoms with E-state index in [1.165, 1.54) is 6.07 Å². The van der Waals surface area contributed by atoms with Gasteiger partial charge in [-0.3, -0.25) is 9.59 Å². The van der Waals surface area contributed by atoms with E-state index in [9.17, 15) is 9.59 Å². The first-order chi connectivity index (χ1) is 11.5. The molecule has 0 radical (unpaired) electrons. The van der Waals surface area contributed by atoms with Gasteiger partial charge in [0.15, 0.2) is 5.82 Å². The van der Waals surface area contributed by atoms with Crippen LogP contribution in [0.1, 0.15) is 50.8 Å². The molecule has 0 saturated carbocycles. The molecule has 7 nitrogen and oxygen atoms in total. The minimum atomic E-state index is -0.0846. The lowest BCUT2D eigenvalue weighted by molar-refractivity contribution is -0.133.